The Morgan fingerprint density at radius 2 is 2.10 bits per heavy atom. The number of aromatic amines is 1. The predicted octanol–water partition coefficient (Wildman–Crippen LogP) is 4.16. The van der Waals surface area contributed by atoms with Crippen LogP contribution in [0.5, 0.6) is 0 Å². The van der Waals surface area contributed by atoms with E-state index in [0.717, 1.165) is 10.7 Å². The number of nitrogens with zero attached hydrogens (tertiary/aromatic N) is 2. The minimum absolute atomic E-state index is 0.0270. The number of Topliss-reactive ketones (excluding diaryl/α,β-unsaturated/α-hetero) is 1. The number of hydrogen-bond acceptors (Lipinski definition) is 5. The molecule has 0 saturated carbocycles. The number of aromatic nitrogens is 3. The summed E-state index contributed by atoms with van der Waals surface area (Å²) in [6.07, 6.45) is 0. The van der Waals surface area contributed by atoms with Crippen molar-refractivity contribution in [3.05, 3.63) is 52.4 Å². The standard InChI is InChI=1S/C14H10ClN3OS2/c15-10-5-3-9(4-6-10)11(19)8-21-14-16-13(17-18-14)12-2-1-7-20-12/h1-7H,8H2,(H,16,17,18). The third-order valence-electron chi connectivity index (χ3n) is 2.72. The molecular weight excluding hydrogens is 326 g/mol. The van der Waals surface area contributed by atoms with Crippen molar-refractivity contribution in [3.8, 4) is 10.7 Å². The number of thiophene rings is 1. The van der Waals surface area contributed by atoms with E-state index in [9.17, 15) is 4.79 Å². The molecular formula is C14H10ClN3OS2. The van der Waals surface area contributed by atoms with E-state index in [-0.39, 0.29) is 5.78 Å². The zero-order chi connectivity index (χ0) is 14.7. The van der Waals surface area contributed by atoms with Gasteiger partial charge in [-0.25, -0.2) is 4.98 Å². The molecule has 3 aromatic rings. The van der Waals surface area contributed by atoms with Crippen molar-refractivity contribution in [2.75, 3.05) is 5.75 Å². The molecule has 0 spiro atoms. The van der Waals surface area contributed by atoms with E-state index in [1.54, 1.807) is 35.6 Å². The first-order valence-electron chi connectivity index (χ1n) is 6.10. The van der Waals surface area contributed by atoms with Crippen molar-refractivity contribution in [3.63, 3.8) is 0 Å². The summed E-state index contributed by atoms with van der Waals surface area (Å²) in [7, 11) is 0. The quantitative estimate of drug-likeness (QED) is 0.561. The Morgan fingerprint density at radius 1 is 1.29 bits per heavy atom. The van der Waals surface area contributed by atoms with Crippen LogP contribution in [0.15, 0.2) is 46.9 Å². The summed E-state index contributed by atoms with van der Waals surface area (Å²) < 4.78 is 0. The van der Waals surface area contributed by atoms with Gasteiger partial charge in [-0.05, 0) is 35.7 Å². The number of halogens is 1. The maximum absolute atomic E-state index is 12.0. The van der Waals surface area contributed by atoms with Gasteiger partial charge in [-0.1, -0.05) is 29.4 Å². The van der Waals surface area contributed by atoms with Gasteiger partial charge in [-0.15, -0.1) is 16.4 Å². The van der Waals surface area contributed by atoms with Crippen LogP contribution in [0.2, 0.25) is 5.02 Å². The van der Waals surface area contributed by atoms with Crippen LogP contribution < -0.4 is 0 Å². The molecule has 0 fully saturated rings. The molecule has 3 rings (SSSR count). The van der Waals surface area contributed by atoms with Crippen LogP contribution in [-0.2, 0) is 0 Å². The van der Waals surface area contributed by atoms with Gasteiger partial charge in [-0.3, -0.25) is 9.89 Å². The normalized spacial score (nSPS) is 10.7. The molecule has 2 aromatic heterocycles. The first kappa shape index (κ1) is 14.3. The van der Waals surface area contributed by atoms with Crippen molar-refractivity contribution in [2.45, 2.75) is 5.16 Å². The van der Waals surface area contributed by atoms with Gasteiger partial charge in [0.25, 0.3) is 0 Å². The molecule has 0 saturated heterocycles. The summed E-state index contributed by atoms with van der Waals surface area (Å²) in [6, 6.07) is 10.8. The molecule has 4 nitrogen and oxygen atoms in total. The van der Waals surface area contributed by atoms with Gasteiger partial charge in [0.15, 0.2) is 11.6 Å². The van der Waals surface area contributed by atoms with Crippen molar-refractivity contribution in [1.82, 2.24) is 15.2 Å². The van der Waals surface area contributed by atoms with E-state index < -0.39 is 0 Å². The summed E-state index contributed by atoms with van der Waals surface area (Å²) in [5, 5.41) is 10.2. The number of ketones is 1. The largest absolute Gasteiger partial charge is 0.293 e. The topological polar surface area (TPSA) is 58.6 Å². The number of benzene rings is 1. The fourth-order valence-corrected chi connectivity index (χ4v) is 3.17. The molecule has 0 atom stereocenters. The summed E-state index contributed by atoms with van der Waals surface area (Å²) in [5.41, 5.74) is 0.640. The molecule has 0 bridgehead atoms. The molecule has 0 amide bonds. The van der Waals surface area contributed by atoms with Crippen molar-refractivity contribution in [2.24, 2.45) is 0 Å². The van der Waals surface area contributed by atoms with Gasteiger partial charge in [0.05, 0.1) is 10.6 Å². The average Bonchev–Trinajstić information content (AvgIpc) is 3.16. The van der Waals surface area contributed by atoms with Crippen molar-refractivity contribution in [1.29, 1.82) is 0 Å². The van der Waals surface area contributed by atoms with Crippen LogP contribution in [0.25, 0.3) is 10.7 Å². The van der Waals surface area contributed by atoms with Gasteiger partial charge < -0.3 is 0 Å². The number of rotatable bonds is 5. The van der Waals surface area contributed by atoms with Crippen LogP contribution in [0, 0.1) is 0 Å². The Bertz CT molecular complexity index is 738. The van der Waals surface area contributed by atoms with E-state index >= 15 is 0 Å². The maximum Gasteiger partial charge on any atom is 0.209 e. The minimum Gasteiger partial charge on any atom is -0.293 e. The molecule has 0 aliphatic heterocycles. The van der Waals surface area contributed by atoms with Crippen LogP contribution >= 0.6 is 34.7 Å². The second-order valence-corrected chi connectivity index (χ2v) is 6.49. The SMILES string of the molecule is O=C(CSc1n[nH]c(-c2cccs2)n1)c1ccc(Cl)cc1. The zero-order valence-electron chi connectivity index (χ0n) is 10.7. The number of hydrogen-bond donors (Lipinski definition) is 1. The Labute approximate surface area is 134 Å². The lowest BCUT2D eigenvalue weighted by molar-refractivity contribution is 0.102. The number of carbonyl (C=O) groups excluding carboxylic acids is 1. The number of carbonyl (C=O) groups is 1. The van der Waals surface area contributed by atoms with Gasteiger partial charge >= 0.3 is 0 Å². The average molecular weight is 336 g/mol. The second-order valence-electron chi connectivity index (χ2n) is 4.16. The summed E-state index contributed by atoms with van der Waals surface area (Å²) in [5.74, 6) is 1.05. The van der Waals surface area contributed by atoms with Crippen LogP contribution in [0.4, 0.5) is 0 Å². The summed E-state index contributed by atoms with van der Waals surface area (Å²) in [4.78, 5) is 17.4. The third-order valence-corrected chi connectivity index (χ3v) is 4.69. The van der Waals surface area contributed by atoms with E-state index in [1.807, 2.05) is 17.5 Å². The van der Waals surface area contributed by atoms with Gasteiger partial charge in [0.1, 0.15) is 0 Å². The van der Waals surface area contributed by atoms with Gasteiger partial charge in [0.2, 0.25) is 5.16 Å². The smallest absolute Gasteiger partial charge is 0.209 e. The summed E-state index contributed by atoms with van der Waals surface area (Å²) in [6.45, 7) is 0. The lowest BCUT2D eigenvalue weighted by Crippen LogP contribution is -2.02. The lowest BCUT2D eigenvalue weighted by Gasteiger charge is -1.99. The van der Waals surface area contributed by atoms with E-state index in [0.29, 0.717) is 21.5 Å². The Kier molecular flexibility index (Phi) is 4.38. The number of nitrogens with one attached hydrogen (secondary N) is 1. The van der Waals surface area contributed by atoms with E-state index in [1.165, 1.54) is 11.8 Å². The Hall–Kier alpha value is -1.63. The first-order valence-corrected chi connectivity index (χ1v) is 8.34. The highest BCUT2D eigenvalue weighted by Crippen LogP contribution is 2.23. The van der Waals surface area contributed by atoms with E-state index in [4.69, 9.17) is 11.6 Å². The zero-order valence-corrected chi connectivity index (χ0v) is 13.1. The molecule has 0 aliphatic carbocycles. The Morgan fingerprint density at radius 3 is 2.81 bits per heavy atom. The second kappa shape index (κ2) is 6.43. The maximum atomic E-state index is 12.0. The minimum atomic E-state index is 0.0270. The highest BCUT2D eigenvalue weighted by Gasteiger charge is 2.11. The predicted molar refractivity (Wildman–Crippen MR) is 86.2 cm³/mol. The lowest BCUT2D eigenvalue weighted by atomic mass is 10.1. The van der Waals surface area contributed by atoms with Crippen molar-refractivity contribution >= 4 is 40.5 Å². The molecule has 0 aliphatic rings. The molecule has 1 N–H and O–H groups in total. The summed E-state index contributed by atoms with van der Waals surface area (Å²) >= 11 is 8.71. The molecule has 106 valence electrons. The highest BCUT2D eigenvalue weighted by atomic mass is 35.5. The fourth-order valence-electron chi connectivity index (χ4n) is 1.68. The highest BCUT2D eigenvalue weighted by molar-refractivity contribution is 7.99. The fraction of sp³-hybridized carbons (Fsp3) is 0.0714. The molecule has 7 heteroatoms. The van der Waals surface area contributed by atoms with E-state index in [2.05, 4.69) is 15.2 Å². The number of thioether (sulfide) groups is 1. The van der Waals surface area contributed by atoms with Crippen molar-refractivity contribution < 1.29 is 4.79 Å². The monoisotopic (exact) mass is 335 g/mol. The van der Waals surface area contributed by atoms with Gasteiger partial charge in [0, 0.05) is 10.6 Å². The molecule has 0 radical (unpaired) electrons. The molecule has 2 heterocycles. The first-order chi connectivity index (χ1) is 10.2. The van der Waals surface area contributed by atoms with Crippen LogP contribution in [0.3, 0.4) is 0 Å². The number of H-pyrrole nitrogens is 1. The van der Waals surface area contributed by atoms with Crippen LogP contribution in [0.1, 0.15) is 10.4 Å². The third kappa shape index (κ3) is 3.53. The molecule has 0 unspecified atom stereocenters. The molecule has 21 heavy (non-hydrogen) atoms. The van der Waals surface area contributed by atoms with Gasteiger partial charge in [-0.2, -0.15) is 0 Å². The molecule has 1 aromatic carbocycles. The Balaban J connectivity index is 1.62. The van der Waals surface area contributed by atoms with Crippen LogP contribution in [-0.4, -0.2) is 26.7 Å².